The average Bonchev–Trinajstić information content (AvgIpc) is 3.15. The maximum atomic E-state index is 12.5. The molecule has 2 amide bonds. The van der Waals surface area contributed by atoms with Gasteiger partial charge < -0.3 is 15.1 Å². The summed E-state index contributed by atoms with van der Waals surface area (Å²) in [6, 6.07) is 3.55. The van der Waals surface area contributed by atoms with Gasteiger partial charge in [0.1, 0.15) is 5.69 Å². The second-order valence-electron chi connectivity index (χ2n) is 4.92. The summed E-state index contributed by atoms with van der Waals surface area (Å²) in [5.41, 5.74) is 5.54. The van der Waals surface area contributed by atoms with Crippen molar-refractivity contribution in [2.24, 2.45) is 5.73 Å². The zero-order chi connectivity index (χ0) is 15.9. The Morgan fingerprint density at radius 2 is 2.23 bits per heavy atom. The van der Waals surface area contributed by atoms with Crippen LogP contribution in [-0.4, -0.2) is 34.8 Å². The van der Waals surface area contributed by atoms with Crippen LogP contribution >= 0.6 is 11.3 Å². The van der Waals surface area contributed by atoms with E-state index in [0.29, 0.717) is 23.0 Å². The van der Waals surface area contributed by atoms with E-state index in [4.69, 9.17) is 10.2 Å². The molecule has 0 atom stereocenters. The topological polar surface area (TPSA) is 89.4 Å². The number of hydrogen-bond acceptors (Lipinski definition) is 5. The van der Waals surface area contributed by atoms with Crippen LogP contribution in [-0.2, 0) is 4.79 Å². The number of hydrogen-bond donors (Lipinski definition) is 1. The molecule has 0 spiro atoms. The Morgan fingerprint density at radius 1 is 1.41 bits per heavy atom. The van der Waals surface area contributed by atoms with Crippen LogP contribution in [0.4, 0.5) is 0 Å². The lowest BCUT2D eigenvalue weighted by Crippen LogP contribution is -2.39. The summed E-state index contributed by atoms with van der Waals surface area (Å²) in [6.07, 6.45) is 4.43. The first kappa shape index (κ1) is 16.2. The highest BCUT2D eigenvalue weighted by Crippen LogP contribution is 2.24. The van der Waals surface area contributed by atoms with Crippen molar-refractivity contribution in [1.82, 2.24) is 9.88 Å². The van der Waals surface area contributed by atoms with Crippen LogP contribution in [0.25, 0.3) is 10.8 Å². The minimum Gasteiger partial charge on any atom is -0.462 e. The predicted octanol–water partition coefficient (Wildman–Crippen LogP) is 2.52. The van der Waals surface area contributed by atoms with Crippen LogP contribution in [0.15, 0.2) is 28.2 Å². The van der Waals surface area contributed by atoms with Crippen molar-refractivity contribution in [3.8, 4) is 10.8 Å². The largest absolute Gasteiger partial charge is 0.462 e. The van der Waals surface area contributed by atoms with E-state index in [1.807, 2.05) is 0 Å². The van der Waals surface area contributed by atoms with Gasteiger partial charge in [0.15, 0.2) is 10.8 Å². The van der Waals surface area contributed by atoms with E-state index in [2.05, 4.69) is 11.9 Å². The maximum Gasteiger partial charge on any atom is 0.273 e. The summed E-state index contributed by atoms with van der Waals surface area (Å²) in [7, 11) is 0. The summed E-state index contributed by atoms with van der Waals surface area (Å²) in [4.78, 5) is 29.4. The number of rotatable bonds is 8. The first-order valence-corrected chi connectivity index (χ1v) is 8.06. The molecule has 0 aromatic carbocycles. The molecule has 2 aromatic heterocycles. The lowest BCUT2D eigenvalue weighted by molar-refractivity contribution is -0.118. The van der Waals surface area contributed by atoms with Gasteiger partial charge in [-0.1, -0.05) is 19.8 Å². The number of nitrogens with two attached hydrogens (primary N) is 1. The number of unbranched alkanes of at least 4 members (excludes halogenated alkanes) is 2. The van der Waals surface area contributed by atoms with Crippen molar-refractivity contribution < 1.29 is 14.0 Å². The van der Waals surface area contributed by atoms with Crippen LogP contribution in [0.3, 0.4) is 0 Å². The van der Waals surface area contributed by atoms with Gasteiger partial charge >= 0.3 is 0 Å². The molecule has 0 aliphatic rings. The fourth-order valence-corrected chi connectivity index (χ4v) is 2.80. The molecule has 0 unspecified atom stereocenters. The highest BCUT2D eigenvalue weighted by atomic mass is 32.1. The molecule has 2 aromatic rings. The highest BCUT2D eigenvalue weighted by molar-refractivity contribution is 7.13. The molecule has 2 heterocycles. The molecule has 0 aliphatic carbocycles. The smallest absolute Gasteiger partial charge is 0.273 e. The van der Waals surface area contributed by atoms with Crippen LogP contribution in [0.2, 0.25) is 0 Å². The highest BCUT2D eigenvalue weighted by Gasteiger charge is 2.20. The molecule has 0 saturated carbocycles. The molecule has 0 aliphatic heterocycles. The SMILES string of the molecule is CCCCCN(CC(N)=O)C(=O)c1csc(-c2ccco2)n1. The summed E-state index contributed by atoms with van der Waals surface area (Å²) in [5.74, 6) is -0.174. The molecule has 0 saturated heterocycles. The molecular weight excluding hydrogens is 302 g/mol. The number of thiazole rings is 1. The number of furan rings is 1. The molecule has 0 radical (unpaired) electrons. The second-order valence-corrected chi connectivity index (χ2v) is 5.77. The van der Waals surface area contributed by atoms with Crippen LogP contribution in [0, 0.1) is 0 Å². The third-order valence-corrected chi connectivity index (χ3v) is 3.98. The normalized spacial score (nSPS) is 10.6. The molecule has 0 fully saturated rings. The van der Waals surface area contributed by atoms with E-state index < -0.39 is 5.91 Å². The van der Waals surface area contributed by atoms with Crippen molar-refractivity contribution in [3.05, 3.63) is 29.5 Å². The van der Waals surface area contributed by atoms with Crippen molar-refractivity contribution >= 4 is 23.2 Å². The molecule has 2 rings (SSSR count). The Labute approximate surface area is 132 Å². The van der Waals surface area contributed by atoms with Crippen LogP contribution in [0.1, 0.15) is 36.7 Å². The van der Waals surface area contributed by atoms with Gasteiger partial charge in [0.2, 0.25) is 5.91 Å². The van der Waals surface area contributed by atoms with Crippen LogP contribution < -0.4 is 5.73 Å². The molecule has 118 valence electrons. The fraction of sp³-hybridized carbons (Fsp3) is 0.400. The maximum absolute atomic E-state index is 12.5. The van der Waals surface area contributed by atoms with Crippen molar-refractivity contribution in [1.29, 1.82) is 0 Å². The van der Waals surface area contributed by atoms with Gasteiger partial charge in [0.25, 0.3) is 5.91 Å². The zero-order valence-electron chi connectivity index (χ0n) is 12.4. The van der Waals surface area contributed by atoms with Gasteiger partial charge in [-0.25, -0.2) is 4.98 Å². The van der Waals surface area contributed by atoms with Crippen LogP contribution in [0.5, 0.6) is 0 Å². The lowest BCUT2D eigenvalue weighted by atomic mass is 10.2. The molecule has 2 N–H and O–H groups in total. The van der Waals surface area contributed by atoms with Crippen molar-refractivity contribution in [3.63, 3.8) is 0 Å². The first-order valence-electron chi connectivity index (χ1n) is 7.18. The van der Waals surface area contributed by atoms with Gasteiger partial charge in [0, 0.05) is 11.9 Å². The van der Waals surface area contributed by atoms with Gasteiger partial charge in [-0.2, -0.15) is 0 Å². The third kappa shape index (κ3) is 4.17. The molecular formula is C15H19N3O3S. The standard InChI is InChI=1S/C15H19N3O3S/c1-2-3-4-7-18(9-13(16)19)15(20)11-10-22-14(17-11)12-6-5-8-21-12/h5-6,8,10H,2-4,7,9H2,1H3,(H2,16,19). The van der Waals surface area contributed by atoms with Gasteiger partial charge in [-0.15, -0.1) is 11.3 Å². The Hall–Kier alpha value is -2.15. The number of carbonyl (C=O) groups excluding carboxylic acids is 2. The van der Waals surface area contributed by atoms with Crippen molar-refractivity contribution in [2.45, 2.75) is 26.2 Å². The van der Waals surface area contributed by atoms with E-state index in [-0.39, 0.29) is 12.5 Å². The Kier molecular flexibility index (Phi) is 5.71. The Bertz CT molecular complexity index is 622. The quantitative estimate of drug-likeness (QED) is 0.757. The molecule has 7 heteroatoms. The lowest BCUT2D eigenvalue weighted by Gasteiger charge is -2.19. The third-order valence-electron chi connectivity index (χ3n) is 3.12. The summed E-state index contributed by atoms with van der Waals surface area (Å²) < 4.78 is 5.27. The number of primary amides is 1. The Balaban J connectivity index is 2.10. The predicted molar refractivity (Wildman–Crippen MR) is 84.4 cm³/mol. The number of amides is 2. The van der Waals surface area contributed by atoms with E-state index >= 15 is 0 Å². The van der Waals surface area contributed by atoms with Gasteiger partial charge in [-0.05, 0) is 18.6 Å². The van der Waals surface area contributed by atoms with Gasteiger partial charge in [0.05, 0.1) is 12.8 Å². The minimum atomic E-state index is -0.522. The zero-order valence-corrected chi connectivity index (χ0v) is 13.3. The Morgan fingerprint density at radius 3 is 2.86 bits per heavy atom. The summed E-state index contributed by atoms with van der Waals surface area (Å²) >= 11 is 1.33. The first-order chi connectivity index (χ1) is 10.6. The summed E-state index contributed by atoms with van der Waals surface area (Å²) in [6.45, 7) is 2.50. The van der Waals surface area contributed by atoms with E-state index in [1.165, 1.54) is 16.2 Å². The van der Waals surface area contributed by atoms with Gasteiger partial charge in [-0.3, -0.25) is 9.59 Å². The monoisotopic (exact) mass is 321 g/mol. The second kappa shape index (κ2) is 7.74. The molecule has 6 nitrogen and oxygen atoms in total. The molecule has 22 heavy (non-hydrogen) atoms. The molecule has 0 bridgehead atoms. The number of carbonyl (C=O) groups is 2. The minimum absolute atomic E-state index is 0.0871. The van der Waals surface area contributed by atoms with E-state index in [1.54, 1.807) is 23.8 Å². The van der Waals surface area contributed by atoms with Crippen molar-refractivity contribution in [2.75, 3.05) is 13.1 Å². The van der Waals surface area contributed by atoms with E-state index in [9.17, 15) is 9.59 Å². The summed E-state index contributed by atoms with van der Waals surface area (Å²) in [5, 5.41) is 2.31. The fourth-order valence-electron chi connectivity index (χ4n) is 2.04. The number of nitrogens with zero attached hydrogens (tertiary/aromatic N) is 2. The average molecular weight is 321 g/mol. The van der Waals surface area contributed by atoms with E-state index in [0.717, 1.165) is 19.3 Å². The number of aromatic nitrogens is 1.